The second-order valence-electron chi connectivity index (χ2n) is 6.03. The molecule has 0 bridgehead atoms. The maximum atomic E-state index is 12.8. The molecule has 0 radical (unpaired) electrons. The highest BCUT2D eigenvalue weighted by Gasteiger charge is 2.16. The summed E-state index contributed by atoms with van der Waals surface area (Å²) >= 11 is 6.95. The lowest BCUT2D eigenvalue weighted by Gasteiger charge is -2.22. The summed E-state index contributed by atoms with van der Waals surface area (Å²) in [5.41, 5.74) is 1.15. The second kappa shape index (κ2) is 8.91. The van der Waals surface area contributed by atoms with Gasteiger partial charge in [0.15, 0.2) is 10.6 Å². The predicted octanol–water partition coefficient (Wildman–Crippen LogP) is 4.50. The molecule has 3 aromatic rings. The van der Waals surface area contributed by atoms with Crippen molar-refractivity contribution in [3.05, 3.63) is 58.2 Å². The van der Waals surface area contributed by atoms with Gasteiger partial charge < -0.3 is 4.90 Å². The number of aromatic nitrogens is 3. The van der Waals surface area contributed by atoms with E-state index in [9.17, 15) is 4.79 Å². The Bertz CT molecular complexity index is 884. The minimum Gasteiger partial charge on any atom is -0.338 e. The number of hydrogen-bond donors (Lipinski definition) is 1. The number of rotatable bonds is 8. The van der Waals surface area contributed by atoms with Gasteiger partial charge in [-0.1, -0.05) is 43.3 Å². The Morgan fingerprint density at radius 2 is 2.08 bits per heavy atom. The lowest BCUT2D eigenvalue weighted by Crippen LogP contribution is -2.32. The number of carbonyl (C=O) groups excluding carboxylic acids is 1. The van der Waals surface area contributed by atoms with Crippen LogP contribution >= 0.6 is 23.6 Å². The third kappa shape index (κ3) is 4.47. The molecule has 0 unspecified atom stereocenters. The number of aromatic amines is 1. The Kier molecular flexibility index (Phi) is 6.35. The standard InChI is InChI=1S/C19H22N4OS2/c1-2-11-22(14-15-7-4-3-5-8-15)17(24)10-12-23-18(20-21-19(23)25)16-9-6-13-26-16/h3-9,13H,2,10-12,14H2,1H3,(H,21,25). The molecular weight excluding hydrogens is 364 g/mol. The lowest BCUT2D eigenvalue weighted by molar-refractivity contribution is -0.132. The van der Waals surface area contributed by atoms with Crippen LogP contribution in [0.1, 0.15) is 25.3 Å². The SMILES string of the molecule is CCCN(Cc1ccccc1)C(=O)CCn1c(-c2cccs2)n[nH]c1=S. The number of hydrogen-bond acceptors (Lipinski definition) is 4. The quantitative estimate of drug-likeness (QED) is 0.580. The van der Waals surface area contributed by atoms with E-state index in [0.29, 0.717) is 24.3 Å². The van der Waals surface area contributed by atoms with E-state index >= 15 is 0 Å². The maximum Gasteiger partial charge on any atom is 0.224 e. The van der Waals surface area contributed by atoms with Gasteiger partial charge in [0.25, 0.3) is 0 Å². The van der Waals surface area contributed by atoms with E-state index in [0.717, 1.165) is 29.2 Å². The molecule has 7 heteroatoms. The van der Waals surface area contributed by atoms with Gasteiger partial charge in [-0.25, -0.2) is 0 Å². The number of nitrogens with one attached hydrogen (secondary N) is 1. The largest absolute Gasteiger partial charge is 0.338 e. The van der Waals surface area contributed by atoms with Crippen LogP contribution in [0, 0.1) is 4.77 Å². The van der Waals surface area contributed by atoms with Gasteiger partial charge in [0.05, 0.1) is 4.88 Å². The minimum atomic E-state index is 0.135. The van der Waals surface area contributed by atoms with Crippen molar-refractivity contribution in [2.75, 3.05) is 6.54 Å². The molecular formula is C19H22N4OS2. The van der Waals surface area contributed by atoms with Crippen molar-refractivity contribution in [2.24, 2.45) is 0 Å². The molecule has 2 aromatic heterocycles. The highest BCUT2D eigenvalue weighted by atomic mass is 32.1. The Morgan fingerprint density at radius 1 is 1.27 bits per heavy atom. The molecule has 136 valence electrons. The molecule has 0 aliphatic heterocycles. The van der Waals surface area contributed by atoms with Crippen molar-refractivity contribution >= 4 is 29.5 Å². The predicted molar refractivity (Wildman–Crippen MR) is 107 cm³/mol. The molecule has 0 atom stereocenters. The van der Waals surface area contributed by atoms with Crippen LogP contribution in [-0.2, 0) is 17.9 Å². The maximum absolute atomic E-state index is 12.8. The van der Waals surface area contributed by atoms with Crippen LogP contribution in [0.2, 0.25) is 0 Å². The number of thiophene rings is 1. The zero-order chi connectivity index (χ0) is 18.4. The van der Waals surface area contributed by atoms with Gasteiger partial charge in [0.2, 0.25) is 5.91 Å². The highest BCUT2D eigenvalue weighted by Crippen LogP contribution is 2.23. The van der Waals surface area contributed by atoms with Crippen LogP contribution in [-0.4, -0.2) is 32.1 Å². The molecule has 1 N–H and O–H groups in total. The van der Waals surface area contributed by atoms with Gasteiger partial charge in [-0.2, -0.15) is 5.10 Å². The number of nitrogens with zero attached hydrogens (tertiary/aromatic N) is 3. The Labute approximate surface area is 162 Å². The molecule has 0 saturated heterocycles. The molecule has 0 spiro atoms. The molecule has 3 rings (SSSR count). The average molecular weight is 387 g/mol. The van der Waals surface area contributed by atoms with Crippen LogP contribution in [0.25, 0.3) is 10.7 Å². The van der Waals surface area contributed by atoms with E-state index in [1.54, 1.807) is 11.3 Å². The van der Waals surface area contributed by atoms with Gasteiger partial charge >= 0.3 is 0 Å². The van der Waals surface area contributed by atoms with E-state index in [1.807, 2.05) is 45.2 Å². The summed E-state index contributed by atoms with van der Waals surface area (Å²) in [6.45, 7) is 4.01. The molecule has 0 saturated carbocycles. The van der Waals surface area contributed by atoms with E-state index in [2.05, 4.69) is 29.3 Å². The van der Waals surface area contributed by atoms with Crippen molar-refractivity contribution in [1.29, 1.82) is 0 Å². The smallest absolute Gasteiger partial charge is 0.224 e. The first kappa shape index (κ1) is 18.5. The summed E-state index contributed by atoms with van der Waals surface area (Å²) in [5, 5.41) is 9.16. The normalized spacial score (nSPS) is 10.8. The average Bonchev–Trinajstić information content (AvgIpc) is 3.30. The van der Waals surface area contributed by atoms with Crippen molar-refractivity contribution < 1.29 is 4.79 Å². The fraction of sp³-hybridized carbons (Fsp3) is 0.316. The monoisotopic (exact) mass is 386 g/mol. The van der Waals surface area contributed by atoms with Crippen LogP contribution in [0.3, 0.4) is 0 Å². The summed E-state index contributed by atoms with van der Waals surface area (Å²) in [6.07, 6.45) is 1.34. The lowest BCUT2D eigenvalue weighted by atomic mass is 10.2. The Balaban J connectivity index is 1.69. The van der Waals surface area contributed by atoms with Gasteiger partial charge in [-0.05, 0) is 35.6 Å². The zero-order valence-corrected chi connectivity index (χ0v) is 16.4. The van der Waals surface area contributed by atoms with Crippen LogP contribution in [0.5, 0.6) is 0 Å². The summed E-state index contributed by atoms with van der Waals surface area (Å²) in [4.78, 5) is 15.8. The van der Waals surface area contributed by atoms with Gasteiger partial charge in [0, 0.05) is 26.1 Å². The van der Waals surface area contributed by atoms with Crippen molar-refractivity contribution in [2.45, 2.75) is 32.9 Å². The summed E-state index contributed by atoms with van der Waals surface area (Å²) in [5.74, 6) is 0.929. The molecule has 2 heterocycles. The zero-order valence-electron chi connectivity index (χ0n) is 14.7. The summed E-state index contributed by atoms with van der Waals surface area (Å²) < 4.78 is 2.46. The number of benzene rings is 1. The molecule has 1 amide bonds. The Hall–Kier alpha value is -2.25. The first-order valence-electron chi connectivity index (χ1n) is 8.70. The Morgan fingerprint density at radius 3 is 2.77 bits per heavy atom. The second-order valence-corrected chi connectivity index (χ2v) is 7.37. The van der Waals surface area contributed by atoms with E-state index in [1.165, 1.54) is 0 Å². The first-order valence-corrected chi connectivity index (χ1v) is 9.98. The fourth-order valence-corrected chi connectivity index (χ4v) is 3.80. The van der Waals surface area contributed by atoms with Gasteiger partial charge in [-0.3, -0.25) is 14.5 Å². The van der Waals surface area contributed by atoms with Gasteiger partial charge in [-0.15, -0.1) is 11.3 Å². The summed E-state index contributed by atoms with van der Waals surface area (Å²) in [7, 11) is 0. The third-order valence-electron chi connectivity index (χ3n) is 4.11. The minimum absolute atomic E-state index is 0.135. The molecule has 1 aromatic carbocycles. The fourth-order valence-electron chi connectivity index (χ4n) is 2.85. The molecule has 5 nitrogen and oxygen atoms in total. The van der Waals surface area contributed by atoms with Crippen LogP contribution in [0.4, 0.5) is 0 Å². The van der Waals surface area contributed by atoms with E-state index < -0.39 is 0 Å². The number of carbonyl (C=O) groups is 1. The van der Waals surface area contributed by atoms with Crippen LogP contribution in [0.15, 0.2) is 47.8 Å². The van der Waals surface area contributed by atoms with Crippen molar-refractivity contribution in [3.63, 3.8) is 0 Å². The summed E-state index contributed by atoms with van der Waals surface area (Å²) in [6, 6.07) is 14.1. The van der Waals surface area contributed by atoms with E-state index in [-0.39, 0.29) is 5.91 Å². The molecule has 0 aliphatic carbocycles. The molecule has 0 aliphatic rings. The number of H-pyrrole nitrogens is 1. The molecule has 26 heavy (non-hydrogen) atoms. The van der Waals surface area contributed by atoms with E-state index in [4.69, 9.17) is 12.2 Å². The van der Waals surface area contributed by atoms with Crippen LogP contribution < -0.4 is 0 Å². The topological polar surface area (TPSA) is 53.9 Å². The van der Waals surface area contributed by atoms with Gasteiger partial charge in [0.1, 0.15) is 0 Å². The molecule has 0 fully saturated rings. The highest BCUT2D eigenvalue weighted by molar-refractivity contribution is 7.71. The third-order valence-corrected chi connectivity index (χ3v) is 5.29. The van der Waals surface area contributed by atoms with Crippen molar-refractivity contribution in [3.8, 4) is 10.7 Å². The first-order chi connectivity index (χ1) is 12.7. The van der Waals surface area contributed by atoms with Crippen molar-refractivity contribution in [1.82, 2.24) is 19.7 Å². The number of amides is 1.